The number of thiazole rings is 1. The second-order valence-corrected chi connectivity index (χ2v) is 6.06. The van der Waals surface area contributed by atoms with Crippen molar-refractivity contribution in [2.24, 2.45) is 4.99 Å². The number of rotatable bonds is 6. The molecule has 0 bridgehead atoms. The first-order chi connectivity index (χ1) is 10.7. The van der Waals surface area contributed by atoms with Gasteiger partial charge in [-0.3, -0.25) is 4.99 Å². The Morgan fingerprint density at radius 1 is 1.27 bits per heavy atom. The third-order valence-corrected chi connectivity index (χ3v) is 4.55. The van der Waals surface area contributed by atoms with Gasteiger partial charge in [0.1, 0.15) is 0 Å². The summed E-state index contributed by atoms with van der Waals surface area (Å²) in [6.07, 6.45) is 1.93. The zero-order valence-corrected chi connectivity index (χ0v) is 14.3. The van der Waals surface area contributed by atoms with Crippen LogP contribution in [-0.2, 0) is 19.4 Å². The minimum atomic E-state index is 0.781. The molecular weight excluding hydrogens is 292 g/mol. The molecule has 0 aliphatic heterocycles. The molecule has 2 aromatic rings. The Balaban J connectivity index is 1.77. The molecule has 2 N–H and O–H groups in total. The van der Waals surface area contributed by atoms with E-state index in [1.54, 1.807) is 18.4 Å². The van der Waals surface area contributed by atoms with Crippen molar-refractivity contribution in [1.82, 2.24) is 15.6 Å². The molecule has 22 heavy (non-hydrogen) atoms. The first-order valence-electron chi connectivity index (χ1n) is 7.65. The third-order valence-electron chi connectivity index (χ3n) is 3.51. The lowest BCUT2D eigenvalue weighted by Crippen LogP contribution is -2.38. The summed E-state index contributed by atoms with van der Waals surface area (Å²) in [6.45, 7) is 5.88. The predicted octanol–water partition coefficient (Wildman–Crippen LogP) is 2.92. The maximum atomic E-state index is 4.57. The summed E-state index contributed by atoms with van der Waals surface area (Å²) < 4.78 is 0. The number of guanidine groups is 1. The summed E-state index contributed by atoms with van der Waals surface area (Å²) in [5.74, 6) is 0.828. The van der Waals surface area contributed by atoms with Crippen LogP contribution in [0.5, 0.6) is 0 Å². The first-order valence-corrected chi connectivity index (χ1v) is 8.53. The van der Waals surface area contributed by atoms with E-state index in [9.17, 15) is 0 Å². The van der Waals surface area contributed by atoms with Gasteiger partial charge in [0, 0.05) is 31.9 Å². The SMILES string of the molecule is CCc1nc(CCNC(=NC)NCc2ccccc2C)cs1. The second-order valence-electron chi connectivity index (χ2n) is 5.12. The molecule has 0 aliphatic rings. The van der Waals surface area contributed by atoms with Crippen LogP contribution in [0.2, 0.25) is 0 Å². The van der Waals surface area contributed by atoms with Crippen LogP contribution in [0.15, 0.2) is 34.6 Å². The van der Waals surface area contributed by atoms with Crippen molar-refractivity contribution >= 4 is 17.3 Å². The average molecular weight is 316 g/mol. The van der Waals surface area contributed by atoms with E-state index in [1.807, 2.05) is 0 Å². The lowest BCUT2D eigenvalue weighted by molar-refractivity contribution is 0.783. The third kappa shape index (κ3) is 4.84. The van der Waals surface area contributed by atoms with Crippen LogP contribution >= 0.6 is 11.3 Å². The Kier molecular flexibility index (Phi) is 6.40. The summed E-state index contributed by atoms with van der Waals surface area (Å²) in [6, 6.07) is 8.38. The van der Waals surface area contributed by atoms with E-state index in [2.05, 4.69) is 64.1 Å². The molecule has 0 amide bonds. The molecule has 1 aromatic carbocycles. The second kappa shape index (κ2) is 8.54. The van der Waals surface area contributed by atoms with Crippen molar-refractivity contribution in [2.75, 3.05) is 13.6 Å². The summed E-state index contributed by atoms with van der Waals surface area (Å²) in [4.78, 5) is 8.84. The first kappa shape index (κ1) is 16.5. The molecule has 1 heterocycles. The molecule has 0 saturated carbocycles. The van der Waals surface area contributed by atoms with Crippen LogP contribution in [0, 0.1) is 6.92 Å². The predicted molar refractivity (Wildman–Crippen MR) is 94.6 cm³/mol. The lowest BCUT2D eigenvalue weighted by atomic mass is 10.1. The minimum absolute atomic E-state index is 0.781. The van der Waals surface area contributed by atoms with E-state index in [1.165, 1.54) is 16.1 Å². The van der Waals surface area contributed by atoms with Crippen molar-refractivity contribution in [3.63, 3.8) is 0 Å². The molecular formula is C17H24N4S. The molecule has 4 nitrogen and oxygen atoms in total. The number of nitrogens with one attached hydrogen (secondary N) is 2. The maximum absolute atomic E-state index is 4.57. The van der Waals surface area contributed by atoms with Gasteiger partial charge in [-0.15, -0.1) is 11.3 Å². The van der Waals surface area contributed by atoms with Crippen molar-refractivity contribution in [3.05, 3.63) is 51.5 Å². The highest BCUT2D eigenvalue weighted by Gasteiger charge is 2.02. The summed E-state index contributed by atoms with van der Waals surface area (Å²) in [5, 5.41) is 10.0. The molecule has 0 radical (unpaired) electrons. The van der Waals surface area contributed by atoms with Crippen LogP contribution in [0.25, 0.3) is 0 Å². The highest BCUT2D eigenvalue weighted by Crippen LogP contribution is 2.10. The summed E-state index contributed by atoms with van der Waals surface area (Å²) >= 11 is 1.74. The fourth-order valence-electron chi connectivity index (χ4n) is 2.14. The standard InChI is InChI=1S/C17H24N4S/c1-4-16-21-15(12-22-16)9-10-19-17(18-3)20-11-14-8-6-5-7-13(14)2/h5-8,12H,4,9-11H2,1-3H3,(H2,18,19,20). The van der Waals surface area contributed by atoms with Gasteiger partial charge in [0.25, 0.3) is 0 Å². The fourth-order valence-corrected chi connectivity index (χ4v) is 2.92. The number of aryl methyl sites for hydroxylation is 2. The molecule has 1 aromatic heterocycles. The minimum Gasteiger partial charge on any atom is -0.356 e. The number of benzene rings is 1. The van der Waals surface area contributed by atoms with E-state index < -0.39 is 0 Å². The summed E-state index contributed by atoms with van der Waals surface area (Å²) in [5.41, 5.74) is 3.74. The van der Waals surface area contributed by atoms with Crippen LogP contribution in [0.3, 0.4) is 0 Å². The van der Waals surface area contributed by atoms with Gasteiger partial charge in [0.05, 0.1) is 10.7 Å². The Morgan fingerprint density at radius 3 is 2.77 bits per heavy atom. The van der Waals surface area contributed by atoms with Crippen LogP contribution in [0.4, 0.5) is 0 Å². The topological polar surface area (TPSA) is 49.3 Å². The van der Waals surface area contributed by atoms with E-state index in [0.717, 1.165) is 37.6 Å². The van der Waals surface area contributed by atoms with Crippen molar-refractivity contribution in [2.45, 2.75) is 33.2 Å². The van der Waals surface area contributed by atoms with Crippen molar-refractivity contribution in [3.8, 4) is 0 Å². The van der Waals surface area contributed by atoms with Crippen molar-refractivity contribution in [1.29, 1.82) is 0 Å². The zero-order chi connectivity index (χ0) is 15.8. The number of aromatic nitrogens is 1. The van der Waals surface area contributed by atoms with Gasteiger partial charge in [-0.25, -0.2) is 4.98 Å². The van der Waals surface area contributed by atoms with Gasteiger partial charge in [-0.2, -0.15) is 0 Å². The van der Waals surface area contributed by atoms with Crippen molar-refractivity contribution < 1.29 is 0 Å². The highest BCUT2D eigenvalue weighted by atomic mass is 32.1. The summed E-state index contributed by atoms with van der Waals surface area (Å²) in [7, 11) is 1.80. The molecule has 5 heteroatoms. The Hall–Kier alpha value is -1.88. The lowest BCUT2D eigenvalue weighted by Gasteiger charge is -2.12. The monoisotopic (exact) mass is 316 g/mol. The normalized spacial score (nSPS) is 11.5. The van der Waals surface area contributed by atoms with Crippen LogP contribution < -0.4 is 10.6 Å². The van der Waals surface area contributed by atoms with Gasteiger partial charge < -0.3 is 10.6 Å². The molecule has 2 rings (SSSR count). The molecule has 0 unspecified atom stereocenters. The number of hydrogen-bond acceptors (Lipinski definition) is 3. The van der Waals surface area contributed by atoms with Crippen LogP contribution in [0.1, 0.15) is 28.8 Å². The van der Waals surface area contributed by atoms with Gasteiger partial charge in [-0.05, 0) is 24.5 Å². The van der Waals surface area contributed by atoms with Crippen LogP contribution in [-0.4, -0.2) is 24.5 Å². The quantitative estimate of drug-likeness (QED) is 0.636. The largest absolute Gasteiger partial charge is 0.356 e. The van der Waals surface area contributed by atoms with Gasteiger partial charge in [0.2, 0.25) is 0 Å². The smallest absolute Gasteiger partial charge is 0.191 e. The average Bonchev–Trinajstić information content (AvgIpc) is 3.00. The maximum Gasteiger partial charge on any atom is 0.191 e. The van der Waals surface area contributed by atoms with Gasteiger partial charge in [-0.1, -0.05) is 31.2 Å². The zero-order valence-electron chi connectivity index (χ0n) is 13.5. The molecule has 0 saturated heterocycles. The van der Waals surface area contributed by atoms with E-state index in [4.69, 9.17) is 0 Å². The van der Waals surface area contributed by atoms with Gasteiger partial charge >= 0.3 is 0 Å². The Labute approximate surface area is 136 Å². The highest BCUT2D eigenvalue weighted by molar-refractivity contribution is 7.09. The Morgan fingerprint density at radius 2 is 2.09 bits per heavy atom. The van der Waals surface area contributed by atoms with E-state index >= 15 is 0 Å². The van der Waals surface area contributed by atoms with E-state index in [-0.39, 0.29) is 0 Å². The number of aliphatic imine (C=N–C) groups is 1. The molecule has 0 spiro atoms. The number of nitrogens with zero attached hydrogens (tertiary/aromatic N) is 2. The molecule has 0 fully saturated rings. The Bertz CT molecular complexity index is 619. The fraction of sp³-hybridized carbons (Fsp3) is 0.412. The van der Waals surface area contributed by atoms with Gasteiger partial charge in [0.15, 0.2) is 5.96 Å². The molecule has 0 atom stereocenters. The number of hydrogen-bond donors (Lipinski definition) is 2. The molecule has 0 aliphatic carbocycles. The molecule has 118 valence electrons. The van der Waals surface area contributed by atoms with E-state index in [0.29, 0.717) is 0 Å².